The number of rotatable bonds is 9. The third-order valence-electron chi connectivity index (χ3n) is 7.06. The third-order valence-corrected chi connectivity index (χ3v) is 7.06. The average Bonchev–Trinajstić information content (AvgIpc) is 2.88. The molecule has 0 N–H and O–H groups in total. The summed E-state index contributed by atoms with van der Waals surface area (Å²) in [5, 5.41) is 0. The monoisotopic (exact) mass is 633 g/mol. The van der Waals surface area contributed by atoms with Crippen LogP contribution in [0.2, 0.25) is 0 Å². The second-order valence-corrected chi connectivity index (χ2v) is 11.5. The van der Waals surface area contributed by atoms with Gasteiger partial charge in [0.1, 0.15) is 0 Å². The van der Waals surface area contributed by atoms with Crippen molar-refractivity contribution in [2.45, 2.75) is 92.9 Å². The SMILES string of the molecule is C=Cc1cc(C(C)C)c(N=C(C)c2cccc(C(C)=Nc3c(C(C)C)cccc3C(C)C)n2)c(C(C)C)c1.[Cl-].[Cl-].[Fe+2]. The minimum absolute atomic E-state index is 0. The quantitative estimate of drug-likeness (QED) is 0.253. The van der Waals surface area contributed by atoms with Crippen LogP contribution in [0.4, 0.5) is 11.4 Å². The van der Waals surface area contributed by atoms with Crippen molar-refractivity contribution >= 4 is 28.9 Å². The molecule has 0 atom stereocenters. The Kier molecular flexibility index (Phi) is 16.1. The second-order valence-electron chi connectivity index (χ2n) is 11.5. The number of pyridine rings is 1. The molecular weight excluding hydrogens is 589 g/mol. The first-order valence-electron chi connectivity index (χ1n) is 14.0. The number of para-hydroxylation sites is 1. The van der Waals surface area contributed by atoms with Gasteiger partial charge in [-0.3, -0.25) is 9.98 Å². The van der Waals surface area contributed by atoms with Gasteiger partial charge in [0.05, 0.1) is 34.2 Å². The second kappa shape index (κ2) is 17.0. The number of nitrogens with zero attached hydrogens (tertiary/aromatic N) is 3. The van der Waals surface area contributed by atoms with Crippen LogP contribution in [0.15, 0.2) is 65.1 Å². The molecule has 0 aliphatic heterocycles. The summed E-state index contributed by atoms with van der Waals surface area (Å²) < 4.78 is 0. The molecule has 3 rings (SSSR count). The van der Waals surface area contributed by atoms with E-state index in [-0.39, 0.29) is 41.9 Å². The minimum atomic E-state index is 0. The number of aliphatic imine (C=N–C) groups is 2. The van der Waals surface area contributed by atoms with E-state index in [1.165, 1.54) is 22.3 Å². The maximum atomic E-state index is 5.19. The van der Waals surface area contributed by atoms with Gasteiger partial charge in [-0.2, -0.15) is 0 Å². The molecule has 0 unspecified atom stereocenters. The van der Waals surface area contributed by atoms with Crippen molar-refractivity contribution in [3.8, 4) is 0 Å². The smallest absolute Gasteiger partial charge is 1.00 e. The molecule has 0 bridgehead atoms. The predicted octanol–water partition coefficient (Wildman–Crippen LogP) is 4.51. The number of hydrogen-bond donors (Lipinski definition) is 0. The summed E-state index contributed by atoms with van der Waals surface area (Å²) in [6.45, 7) is 25.9. The molecule has 0 aliphatic carbocycles. The fraction of sp³-hybridized carbons (Fsp3) is 0.400. The van der Waals surface area contributed by atoms with Crippen molar-refractivity contribution < 1.29 is 41.9 Å². The van der Waals surface area contributed by atoms with Crippen LogP contribution in [0.5, 0.6) is 0 Å². The first-order valence-corrected chi connectivity index (χ1v) is 14.0. The van der Waals surface area contributed by atoms with E-state index in [0.717, 1.165) is 39.7 Å². The molecule has 0 fully saturated rings. The summed E-state index contributed by atoms with van der Waals surface area (Å²) in [6.07, 6.45) is 1.92. The number of halogens is 2. The van der Waals surface area contributed by atoms with Crippen molar-refractivity contribution in [3.63, 3.8) is 0 Å². The molecule has 2 aromatic carbocycles. The van der Waals surface area contributed by atoms with E-state index >= 15 is 0 Å². The van der Waals surface area contributed by atoms with Crippen LogP contribution in [0.1, 0.15) is 132 Å². The Labute approximate surface area is 271 Å². The molecule has 0 saturated heterocycles. The summed E-state index contributed by atoms with van der Waals surface area (Å²) in [5.41, 5.74) is 11.9. The molecule has 41 heavy (non-hydrogen) atoms. The van der Waals surface area contributed by atoms with Crippen LogP contribution in [0.25, 0.3) is 6.08 Å². The van der Waals surface area contributed by atoms with Crippen LogP contribution in [-0.2, 0) is 17.1 Å². The van der Waals surface area contributed by atoms with Crippen molar-refractivity contribution in [2.24, 2.45) is 9.98 Å². The molecule has 3 nitrogen and oxygen atoms in total. The fourth-order valence-electron chi connectivity index (χ4n) is 4.76. The zero-order chi connectivity index (χ0) is 28.1. The standard InChI is InChI=1S/C35H45N3.2ClH.Fe/c1-12-27-19-30(23(6)7)35(31(20-27)24(8)9)37-26(11)33-18-14-17-32(38-33)25(10)36-34-28(21(2)3)15-13-16-29(34)22(4)5;;;/h12-24H,1H2,2-11H3;2*1H;/q;;;+2/p-2. The maximum absolute atomic E-state index is 5.19. The van der Waals surface area contributed by atoms with Gasteiger partial charge in [0.15, 0.2) is 0 Å². The molecule has 6 heteroatoms. The van der Waals surface area contributed by atoms with Crippen LogP contribution in [0.3, 0.4) is 0 Å². The van der Waals surface area contributed by atoms with Crippen LogP contribution < -0.4 is 24.8 Å². The van der Waals surface area contributed by atoms with E-state index in [2.05, 4.69) is 112 Å². The Balaban J connectivity index is 0.00000533. The van der Waals surface area contributed by atoms with Crippen molar-refractivity contribution in [3.05, 3.63) is 94.3 Å². The van der Waals surface area contributed by atoms with Gasteiger partial charge in [0.25, 0.3) is 0 Å². The molecule has 0 radical (unpaired) electrons. The van der Waals surface area contributed by atoms with Gasteiger partial charge in [-0.1, -0.05) is 92.3 Å². The van der Waals surface area contributed by atoms with E-state index in [9.17, 15) is 0 Å². The number of benzene rings is 2. The van der Waals surface area contributed by atoms with Crippen molar-refractivity contribution in [1.29, 1.82) is 0 Å². The molecule has 222 valence electrons. The van der Waals surface area contributed by atoms with E-state index in [1.807, 2.05) is 18.2 Å². The maximum Gasteiger partial charge on any atom is 2.00 e. The predicted molar refractivity (Wildman–Crippen MR) is 167 cm³/mol. The zero-order valence-corrected chi connectivity index (χ0v) is 28.8. The first kappa shape index (κ1) is 38.8. The molecular formula is C35H45Cl2FeN3. The van der Waals surface area contributed by atoms with Crippen LogP contribution in [-0.4, -0.2) is 16.4 Å². The summed E-state index contributed by atoms with van der Waals surface area (Å²) in [4.78, 5) is 15.4. The van der Waals surface area contributed by atoms with Gasteiger partial charge in [-0.05, 0) is 89.6 Å². The Bertz CT molecular complexity index is 1320. The Hall–Kier alpha value is -2.23. The van der Waals surface area contributed by atoms with E-state index in [1.54, 1.807) is 0 Å². The van der Waals surface area contributed by atoms with Crippen LogP contribution in [0, 0.1) is 0 Å². The summed E-state index contributed by atoms with van der Waals surface area (Å²) in [7, 11) is 0. The van der Waals surface area contributed by atoms with E-state index < -0.39 is 0 Å². The normalized spacial score (nSPS) is 11.9. The van der Waals surface area contributed by atoms with Crippen LogP contribution >= 0.6 is 0 Å². The van der Waals surface area contributed by atoms with Gasteiger partial charge >= 0.3 is 17.1 Å². The van der Waals surface area contributed by atoms with Gasteiger partial charge in [0.2, 0.25) is 0 Å². The van der Waals surface area contributed by atoms with Gasteiger partial charge in [-0.25, -0.2) is 4.98 Å². The average molecular weight is 635 g/mol. The molecule has 3 aromatic rings. The largest absolute Gasteiger partial charge is 2.00 e. The molecule has 0 amide bonds. The topological polar surface area (TPSA) is 37.6 Å². The zero-order valence-electron chi connectivity index (χ0n) is 26.2. The minimum Gasteiger partial charge on any atom is -1.00 e. The van der Waals surface area contributed by atoms with Gasteiger partial charge in [0, 0.05) is 0 Å². The van der Waals surface area contributed by atoms with E-state index in [4.69, 9.17) is 15.0 Å². The van der Waals surface area contributed by atoms with Crippen molar-refractivity contribution in [1.82, 2.24) is 4.98 Å². The number of aromatic nitrogens is 1. The molecule has 1 heterocycles. The van der Waals surface area contributed by atoms with Gasteiger partial charge in [-0.15, -0.1) is 0 Å². The fourth-order valence-corrected chi connectivity index (χ4v) is 4.76. The Morgan fingerprint density at radius 2 is 0.976 bits per heavy atom. The third kappa shape index (κ3) is 9.38. The summed E-state index contributed by atoms with van der Waals surface area (Å²) in [5.74, 6) is 1.49. The molecule has 0 aliphatic rings. The summed E-state index contributed by atoms with van der Waals surface area (Å²) >= 11 is 0. The first-order chi connectivity index (χ1) is 17.9. The van der Waals surface area contributed by atoms with E-state index in [0.29, 0.717) is 23.7 Å². The molecule has 0 spiro atoms. The molecule has 0 saturated carbocycles. The summed E-state index contributed by atoms with van der Waals surface area (Å²) in [6, 6.07) is 17.1. The Morgan fingerprint density at radius 1 is 0.634 bits per heavy atom. The number of hydrogen-bond acceptors (Lipinski definition) is 3. The molecule has 1 aromatic heterocycles. The Morgan fingerprint density at radius 3 is 1.32 bits per heavy atom. The van der Waals surface area contributed by atoms with Crippen molar-refractivity contribution in [2.75, 3.05) is 0 Å². The van der Waals surface area contributed by atoms with Gasteiger partial charge < -0.3 is 24.8 Å².